The zero-order valence-electron chi connectivity index (χ0n) is 18.8. The number of aromatic nitrogens is 1. The zero-order valence-corrected chi connectivity index (χ0v) is 20.4. The van der Waals surface area contributed by atoms with Gasteiger partial charge >= 0.3 is 0 Å². The minimum Gasteiger partial charge on any atom is -0.354 e. The van der Waals surface area contributed by atoms with Gasteiger partial charge in [0.2, 0.25) is 5.91 Å². The Labute approximate surface area is 194 Å². The van der Waals surface area contributed by atoms with Crippen molar-refractivity contribution in [3.63, 3.8) is 0 Å². The van der Waals surface area contributed by atoms with Crippen LogP contribution in [0.25, 0.3) is 11.1 Å². The number of amides is 1. The highest BCUT2D eigenvalue weighted by Crippen LogP contribution is 2.31. The topological polar surface area (TPSA) is 42.9 Å². The first-order chi connectivity index (χ1) is 14.9. The van der Waals surface area contributed by atoms with Crippen molar-refractivity contribution in [2.24, 2.45) is 0 Å². The molecule has 2 fully saturated rings. The lowest BCUT2D eigenvalue weighted by molar-refractivity contribution is -0.132. The second-order valence-electron chi connectivity index (χ2n) is 8.78. The highest BCUT2D eigenvalue weighted by molar-refractivity contribution is 9.10. The van der Waals surface area contributed by atoms with Crippen LogP contribution < -0.4 is 4.90 Å². The smallest absolute Gasteiger partial charge is 0.228 e. The first-order valence-corrected chi connectivity index (χ1v) is 11.9. The molecular formula is C24H32BrN5O. The molecule has 0 N–H and O–H groups in total. The normalized spacial score (nSPS) is 18.5. The molecule has 0 atom stereocenters. The van der Waals surface area contributed by atoms with Crippen molar-refractivity contribution in [1.29, 1.82) is 0 Å². The molecule has 1 aromatic heterocycles. The standard InChI is InChI=1S/C24H32BrN5O/c1-18-16-22(29-12-8-27(2)9-13-29)26-21(24(18)19-4-6-20(25)7-5-19)17-23(31)30-14-10-28(3)11-15-30/h4-7,16H,8-15,17H2,1-3H3. The molecule has 0 saturated carbocycles. The Balaban J connectivity index is 1.66. The van der Waals surface area contributed by atoms with Crippen LogP contribution in [0.5, 0.6) is 0 Å². The predicted molar refractivity (Wildman–Crippen MR) is 130 cm³/mol. The van der Waals surface area contributed by atoms with Gasteiger partial charge in [-0.1, -0.05) is 28.1 Å². The lowest BCUT2D eigenvalue weighted by Crippen LogP contribution is -2.47. The third kappa shape index (κ3) is 5.27. The van der Waals surface area contributed by atoms with Gasteiger partial charge in [0.25, 0.3) is 0 Å². The summed E-state index contributed by atoms with van der Waals surface area (Å²) in [6.45, 7) is 9.58. The molecule has 0 unspecified atom stereocenters. The maximum absolute atomic E-state index is 13.2. The number of nitrogens with zero attached hydrogens (tertiary/aromatic N) is 5. The van der Waals surface area contributed by atoms with Crippen molar-refractivity contribution in [2.45, 2.75) is 13.3 Å². The summed E-state index contributed by atoms with van der Waals surface area (Å²) < 4.78 is 1.05. The number of pyridine rings is 1. The van der Waals surface area contributed by atoms with Crippen LogP contribution in [-0.4, -0.2) is 92.0 Å². The molecule has 0 spiro atoms. The number of hydrogen-bond donors (Lipinski definition) is 0. The number of carbonyl (C=O) groups excluding carboxylic acids is 1. The van der Waals surface area contributed by atoms with E-state index in [9.17, 15) is 4.79 Å². The Bertz CT molecular complexity index is 916. The summed E-state index contributed by atoms with van der Waals surface area (Å²) in [5.41, 5.74) is 4.26. The molecule has 0 bridgehead atoms. The average molecular weight is 486 g/mol. The molecule has 2 aliphatic heterocycles. The van der Waals surface area contributed by atoms with E-state index >= 15 is 0 Å². The van der Waals surface area contributed by atoms with Gasteiger partial charge in [0.15, 0.2) is 0 Å². The van der Waals surface area contributed by atoms with E-state index < -0.39 is 0 Å². The number of hydrogen-bond acceptors (Lipinski definition) is 5. The lowest BCUT2D eigenvalue weighted by Gasteiger charge is -2.34. The van der Waals surface area contributed by atoms with Gasteiger partial charge in [-0.2, -0.15) is 0 Å². The number of halogens is 1. The van der Waals surface area contributed by atoms with Gasteiger partial charge in [0, 0.05) is 62.4 Å². The van der Waals surface area contributed by atoms with Crippen molar-refractivity contribution in [2.75, 3.05) is 71.4 Å². The van der Waals surface area contributed by atoms with Crippen LogP contribution in [0.15, 0.2) is 34.8 Å². The average Bonchev–Trinajstić information content (AvgIpc) is 2.75. The number of rotatable bonds is 4. The number of carbonyl (C=O) groups is 1. The van der Waals surface area contributed by atoms with E-state index in [1.807, 2.05) is 4.90 Å². The Morgan fingerprint density at radius 2 is 1.52 bits per heavy atom. The molecule has 0 radical (unpaired) electrons. The second-order valence-corrected chi connectivity index (χ2v) is 9.69. The van der Waals surface area contributed by atoms with Gasteiger partial charge in [-0.15, -0.1) is 0 Å². The molecule has 2 aliphatic rings. The largest absolute Gasteiger partial charge is 0.354 e. The molecule has 1 aromatic carbocycles. The minimum absolute atomic E-state index is 0.175. The van der Waals surface area contributed by atoms with Crippen molar-refractivity contribution < 1.29 is 4.79 Å². The van der Waals surface area contributed by atoms with Crippen LogP contribution in [-0.2, 0) is 11.2 Å². The third-order valence-corrected chi connectivity index (χ3v) is 6.94. The lowest BCUT2D eigenvalue weighted by atomic mass is 9.97. The van der Waals surface area contributed by atoms with Gasteiger partial charge in [-0.3, -0.25) is 4.79 Å². The molecule has 6 nitrogen and oxygen atoms in total. The van der Waals surface area contributed by atoms with Crippen molar-refractivity contribution in [3.05, 3.63) is 46.1 Å². The van der Waals surface area contributed by atoms with E-state index in [-0.39, 0.29) is 5.91 Å². The first kappa shape index (κ1) is 22.2. The maximum atomic E-state index is 13.2. The maximum Gasteiger partial charge on any atom is 0.228 e. The summed E-state index contributed by atoms with van der Waals surface area (Å²) in [7, 11) is 4.27. The first-order valence-electron chi connectivity index (χ1n) is 11.1. The van der Waals surface area contributed by atoms with Crippen LogP contribution in [0.4, 0.5) is 5.82 Å². The summed E-state index contributed by atoms with van der Waals surface area (Å²) in [4.78, 5) is 27.2. The Morgan fingerprint density at radius 3 is 2.13 bits per heavy atom. The monoisotopic (exact) mass is 485 g/mol. The van der Waals surface area contributed by atoms with Crippen LogP contribution in [0.2, 0.25) is 0 Å². The fourth-order valence-electron chi connectivity index (χ4n) is 4.37. The number of benzene rings is 1. The third-order valence-electron chi connectivity index (χ3n) is 6.41. The van der Waals surface area contributed by atoms with Crippen molar-refractivity contribution in [1.82, 2.24) is 19.7 Å². The van der Waals surface area contributed by atoms with Crippen LogP contribution in [0.1, 0.15) is 11.3 Å². The van der Waals surface area contributed by atoms with E-state index in [1.54, 1.807) is 0 Å². The van der Waals surface area contributed by atoms with E-state index in [4.69, 9.17) is 4.98 Å². The van der Waals surface area contributed by atoms with Gasteiger partial charge < -0.3 is 19.6 Å². The summed E-state index contributed by atoms with van der Waals surface area (Å²) in [5, 5.41) is 0. The number of piperazine rings is 2. The van der Waals surface area contributed by atoms with Crippen molar-refractivity contribution in [3.8, 4) is 11.1 Å². The van der Waals surface area contributed by atoms with Gasteiger partial charge in [0.05, 0.1) is 12.1 Å². The fourth-order valence-corrected chi connectivity index (χ4v) is 4.63. The Kier molecular flexibility index (Phi) is 6.94. The highest BCUT2D eigenvalue weighted by Gasteiger charge is 2.24. The Hall–Kier alpha value is -1.96. The van der Waals surface area contributed by atoms with E-state index in [2.05, 4.69) is 82.0 Å². The molecule has 3 heterocycles. The second kappa shape index (κ2) is 9.67. The molecule has 1 amide bonds. The number of aryl methyl sites for hydroxylation is 1. The molecule has 2 saturated heterocycles. The minimum atomic E-state index is 0.175. The summed E-state index contributed by atoms with van der Waals surface area (Å²) in [6.07, 6.45) is 0.345. The van der Waals surface area contributed by atoms with Gasteiger partial charge in [0.1, 0.15) is 5.82 Å². The molecule has 31 heavy (non-hydrogen) atoms. The van der Waals surface area contributed by atoms with Gasteiger partial charge in [-0.25, -0.2) is 4.98 Å². The molecule has 7 heteroatoms. The molecule has 4 rings (SSSR count). The quantitative estimate of drug-likeness (QED) is 0.665. The summed E-state index contributed by atoms with van der Waals surface area (Å²) >= 11 is 3.53. The van der Waals surface area contributed by atoms with Crippen LogP contribution in [0.3, 0.4) is 0 Å². The Morgan fingerprint density at radius 1 is 0.935 bits per heavy atom. The molecular weight excluding hydrogens is 454 g/mol. The zero-order chi connectivity index (χ0) is 22.0. The number of anilines is 1. The van der Waals surface area contributed by atoms with Crippen LogP contribution >= 0.6 is 15.9 Å². The van der Waals surface area contributed by atoms with E-state index in [0.29, 0.717) is 6.42 Å². The number of likely N-dealkylation sites (N-methyl/N-ethyl adjacent to an activating group) is 2. The summed E-state index contributed by atoms with van der Waals surface area (Å²) in [5.74, 6) is 1.17. The fraction of sp³-hybridized carbons (Fsp3) is 0.500. The van der Waals surface area contributed by atoms with E-state index in [1.165, 1.54) is 5.56 Å². The predicted octanol–water partition coefficient (Wildman–Crippen LogP) is 2.89. The summed E-state index contributed by atoms with van der Waals surface area (Å²) in [6, 6.07) is 10.5. The van der Waals surface area contributed by atoms with E-state index in [0.717, 1.165) is 79.5 Å². The van der Waals surface area contributed by atoms with Crippen molar-refractivity contribution >= 4 is 27.7 Å². The SMILES string of the molecule is Cc1cc(N2CCN(C)CC2)nc(CC(=O)N2CCN(C)CC2)c1-c1ccc(Br)cc1. The highest BCUT2D eigenvalue weighted by atomic mass is 79.9. The van der Waals surface area contributed by atoms with Gasteiger partial charge in [-0.05, 0) is 50.3 Å². The molecule has 166 valence electrons. The molecule has 0 aliphatic carbocycles. The molecule has 2 aromatic rings. The van der Waals surface area contributed by atoms with Crippen LogP contribution in [0, 0.1) is 6.92 Å².